The summed E-state index contributed by atoms with van der Waals surface area (Å²) in [4.78, 5) is 23.7. The number of fused-ring (bicyclic) bond motifs is 1. The monoisotopic (exact) mass is 350 g/mol. The van der Waals surface area contributed by atoms with Crippen molar-refractivity contribution >= 4 is 39.9 Å². The summed E-state index contributed by atoms with van der Waals surface area (Å²) in [6.45, 7) is 4.20. The molecule has 3 aromatic rings. The van der Waals surface area contributed by atoms with Gasteiger partial charge in [-0.15, -0.1) is 11.5 Å². The minimum Gasteiger partial charge on any atom is -0.359 e. The molecule has 2 N–H and O–H groups in total. The first-order valence-corrected chi connectivity index (χ1v) is 7.83. The zero-order valence-electron chi connectivity index (χ0n) is 13.1. The maximum atomic E-state index is 10.5. The second-order valence-electron chi connectivity index (χ2n) is 5.08. The van der Waals surface area contributed by atoms with Gasteiger partial charge in [-0.25, -0.2) is 9.97 Å². The highest BCUT2D eigenvalue weighted by Crippen LogP contribution is 2.22. The standard InChI is InChI=1S/C17H14N6OS/c1-2-7-18-17(25)21-13-8-14-16(20-9-13)22-15(10-19-14)11-3-5-12(23-24)6-4-11/h2-6,8-10H,1,7H2,(H2,18,21,25). The van der Waals surface area contributed by atoms with Gasteiger partial charge in [0.1, 0.15) is 11.2 Å². The Morgan fingerprint density at radius 2 is 2.04 bits per heavy atom. The van der Waals surface area contributed by atoms with E-state index in [1.54, 1.807) is 42.7 Å². The Bertz CT molecular complexity index is 942. The second-order valence-corrected chi connectivity index (χ2v) is 5.49. The van der Waals surface area contributed by atoms with Crippen molar-refractivity contribution < 1.29 is 0 Å². The molecule has 0 aliphatic heterocycles. The SMILES string of the molecule is C=CCNC(=S)Nc1cnc2nc(-c3ccc(N=O)cc3)cnc2c1. The zero-order valence-corrected chi connectivity index (χ0v) is 14.0. The molecule has 8 heteroatoms. The molecule has 2 heterocycles. The largest absolute Gasteiger partial charge is 0.359 e. The highest BCUT2D eigenvalue weighted by molar-refractivity contribution is 7.80. The highest BCUT2D eigenvalue weighted by Gasteiger charge is 2.06. The third kappa shape index (κ3) is 3.99. The smallest absolute Gasteiger partial charge is 0.178 e. The molecule has 0 radical (unpaired) electrons. The Kier molecular flexibility index (Phi) is 5.00. The van der Waals surface area contributed by atoms with Crippen LogP contribution in [0.2, 0.25) is 0 Å². The van der Waals surface area contributed by atoms with E-state index in [1.165, 1.54) is 0 Å². The van der Waals surface area contributed by atoms with Crippen LogP contribution in [0.5, 0.6) is 0 Å². The first-order chi connectivity index (χ1) is 12.2. The Hall–Kier alpha value is -3.26. The number of anilines is 1. The van der Waals surface area contributed by atoms with Crippen molar-refractivity contribution in [1.82, 2.24) is 20.3 Å². The van der Waals surface area contributed by atoms with Crippen molar-refractivity contribution in [2.45, 2.75) is 0 Å². The Morgan fingerprint density at radius 1 is 1.24 bits per heavy atom. The lowest BCUT2D eigenvalue weighted by atomic mass is 10.1. The van der Waals surface area contributed by atoms with E-state index in [-0.39, 0.29) is 0 Å². The number of benzene rings is 1. The Labute approximate surface area is 149 Å². The third-order valence-corrected chi connectivity index (χ3v) is 3.58. The third-order valence-electron chi connectivity index (χ3n) is 3.33. The number of thiocarbonyl (C=S) groups is 1. The van der Waals surface area contributed by atoms with Crippen LogP contribution < -0.4 is 10.6 Å². The lowest BCUT2D eigenvalue weighted by molar-refractivity contribution is 1.06. The zero-order chi connectivity index (χ0) is 17.6. The van der Waals surface area contributed by atoms with Crippen LogP contribution >= 0.6 is 12.2 Å². The summed E-state index contributed by atoms with van der Waals surface area (Å²) in [6.07, 6.45) is 5.02. The van der Waals surface area contributed by atoms with Crippen LogP contribution in [0.25, 0.3) is 22.4 Å². The molecular weight excluding hydrogens is 336 g/mol. The van der Waals surface area contributed by atoms with Gasteiger partial charge in [0.2, 0.25) is 0 Å². The van der Waals surface area contributed by atoms with Gasteiger partial charge >= 0.3 is 0 Å². The molecule has 25 heavy (non-hydrogen) atoms. The van der Waals surface area contributed by atoms with Gasteiger partial charge in [0.05, 0.1) is 23.8 Å². The lowest BCUT2D eigenvalue weighted by Crippen LogP contribution is -2.28. The fourth-order valence-electron chi connectivity index (χ4n) is 2.14. The number of nitrogens with zero attached hydrogens (tertiary/aromatic N) is 4. The number of aromatic nitrogens is 3. The predicted molar refractivity (Wildman–Crippen MR) is 103 cm³/mol. The molecule has 0 bridgehead atoms. The van der Waals surface area contributed by atoms with E-state index in [1.807, 2.05) is 6.07 Å². The summed E-state index contributed by atoms with van der Waals surface area (Å²) in [5, 5.41) is 9.37. The molecule has 124 valence electrons. The van der Waals surface area contributed by atoms with Gasteiger partial charge in [-0.05, 0) is 35.6 Å². The van der Waals surface area contributed by atoms with E-state index in [0.717, 1.165) is 11.3 Å². The first kappa shape index (κ1) is 16.6. The van der Waals surface area contributed by atoms with Crippen LogP contribution in [0.4, 0.5) is 11.4 Å². The van der Waals surface area contributed by atoms with E-state index < -0.39 is 0 Å². The quantitative estimate of drug-likeness (QED) is 0.413. The van der Waals surface area contributed by atoms with E-state index in [9.17, 15) is 4.91 Å². The molecule has 0 atom stereocenters. The molecule has 0 aliphatic rings. The molecule has 3 rings (SSSR count). The minimum absolute atomic E-state index is 0.368. The van der Waals surface area contributed by atoms with Crippen molar-refractivity contribution in [3.63, 3.8) is 0 Å². The number of hydrogen-bond donors (Lipinski definition) is 2. The molecule has 2 aromatic heterocycles. The summed E-state index contributed by atoms with van der Waals surface area (Å²) in [7, 11) is 0. The topological polar surface area (TPSA) is 92.2 Å². The average Bonchev–Trinajstić information content (AvgIpc) is 2.66. The number of pyridine rings is 1. The van der Waals surface area contributed by atoms with E-state index in [2.05, 4.69) is 37.3 Å². The maximum absolute atomic E-state index is 10.5. The summed E-state index contributed by atoms with van der Waals surface area (Å²) >= 11 is 5.17. The Balaban J connectivity index is 1.83. The molecule has 1 aromatic carbocycles. The first-order valence-electron chi connectivity index (χ1n) is 7.42. The van der Waals surface area contributed by atoms with Crippen molar-refractivity contribution in [3.8, 4) is 11.3 Å². The van der Waals surface area contributed by atoms with Gasteiger partial charge in [0.25, 0.3) is 0 Å². The van der Waals surface area contributed by atoms with Crippen LogP contribution in [0.1, 0.15) is 0 Å². The fourth-order valence-corrected chi connectivity index (χ4v) is 2.34. The van der Waals surface area contributed by atoms with Gasteiger partial charge in [0, 0.05) is 12.1 Å². The summed E-state index contributed by atoms with van der Waals surface area (Å²) in [5.41, 5.74) is 3.75. The normalized spacial score (nSPS) is 10.2. The van der Waals surface area contributed by atoms with Crippen molar-refractivity contribution in [3.05, 3.63) is 60.3 Å². The molecule has 0 unspecified atom stereocenters. The van der Waals surface area contributed by atoms with Gasteiger partial charge in [0.15, 0.2) is 10.8 Å². The predicted octanol–water partition coefficient (Wildman–Crippen LogP) is 3.56. The number of nitrogens with one attached hydrogen (secondary N) is 2. The number of rotatable bonds is 5. The van der Waals surface area contributed by atoms with Gasteiger partial charge < -0.3 is 10.6 Å². The van der Waals surface area contributed by atoms with Crippen LogP contribution in [0.3, 0.4) is 0 Å². The summed E-state index contributed by atoms with van der Waals surface area (Å²) in [5.74, 6) is 0. The molecule has 0 saturated carbocycles. The molecule has 0 saturated heterocycles. The molecule has 0 amide bonds. The Morgan fingerprint density at radius 3 is 2.76 bits per heavy atom. The fraction of sp³-hybridized carbons (Fsp3) is 0.0588. The summed E-state index contributed by atoms with van der Waals surface area (Å²) in [6, 6.07) is 8.62. The molecule has 0 spiro atoms. The molecular formula is C17H14N6OS. The van der Waals surface area contributed by atoms with Crippen LogP contribution in [-0.2, 0) is 0 Å². The highest BCUT2D eigenvalue weighted by atomic mass is 32.1. The average molecular weight is 350 g/mol. The maximum Gasteiger partial charge on any atom is 0.178 e. The van der Waals surface area contributed by atoms with Crippen LogP contribution in [0.15, 0.2) is 60.6 Å². The molecule has 7 nitrogen and oxygen atoms in total. The van der Waals surface area contributed by atoms with Crippen LogP contribution in [-0.4, -0.2) is 26.6 Å². The molecule has 0 fully saturated rings. The van der Waals surface area contributed by atoms with E-state index in [4.69, 9.17) is 12.2 Å². The number of nitroso groups, excluding NO2 is 1. The van der Waals surface area contributed by atoms with Gasteiger partial charge in [-0.3, -0.25) is 4.98 Å². The van der Waals surface area contributed by atoms with E-state index >= 15 is 0 Å². The molecule has 0 aliphatic carbocycles. The lowest BCUT2D eigenvalue weighted by Gasteiger charge is -2.09. The van der Waals surface area contributed by atoms with E-state index in [0.29, 0.717) is 34.2 Å². The number of hydrogen-bond acceptors (Lipinski definition) is 6. The van der Waals surface area contributed by atoms with Gasteiger partial charge in [-0.1, -0.05) is 18.2 Å². The van der Waals surface area contributed by atoms with Crippen molar-refractivity contribution in [2.24, 2.45) is 5.18 Å². The van der Waals surface area contributed by atoms with Crippen molar-refractivity contribution in [1.29, 1.82) is 0 Å². The second kappa shape index (κ2) is 7.54. The van der Waals surface area contributed by atoms with Crippen LogP contribution in [0, 0.1) is 4.91 Å². The summed E-state index contributed by atoms with van der Waals surface area (Å²) < 4.78 is 0. The minimum atomic E-state index is 0.368. The van der Waals surface area contributed by atoms with Crippen molar-refractivity contribution in [2.75, 3.05) is 11.9 Å². The van der Waals surface area contributed by atoms with Gasteiger partial charge in [-0.2, -0.15) is 0 Å².